The van der Waals surface area contributed by atoms with Crippen LogP contribution in [0.25, 0.3) is 0 Å². The number of benzene rings is 1. The predicted molar refractivity (Wildman–Crippen MR) is 55.4 cm³/mol. The van der Waals surface area contributed by atoms with E-state index in [4.69, 9.17) is 11.6 Å². The summed E-state index contributed by atoms with van der Waals surface area (Å²) in [5.74, 6) is 0. The first-order chi connectivity index (χ1) is 6.16. The summed E-state index contributed by atoms with van der Waals surface area (Å²) in [6.45, 7) is 5.42. The molecule has 0 aliphatic heterocycles. The molecule has 2 nitrogen and oxygen atoms in total. The Morgan fingerprint density at radius 3 is 2.69 bits per heavy atom. The maximum atomic E-state index is 9.65. The molecule has 0 bridgehead atoms. The summed E-state index contributed by atoms with van der Waals surface area (Å²) in [5, 5.41) is 11.3. The summed E-state index contributed by atoms with van der Waals surface area (Å²) in [5.41, 5.74) is 0.594. The zero-order valence-electron chi connectivity index (χ0n) is 7.44. The first-order valence-corrected chi connectivity index (χ1v) is 4.40. The van der Waals surface area contributed by atoms with Crippen molar-refractivity contribution in [2.45, 2.75) is 13.0 Å². The van der Waals surface area contributed by atoms with Crippen LogP contribution in [0.15, 0.2) is 36.9 Å². The quantitative estimate of drug-likeness (QED) is 0.595. The number of hydroxylamine groups is 1. The zero-order valence-corrected chi connectivity index (χ0v) is 8.20. The lowest BCUT2D eigenvalue weighted by Gasteiger charge is -2.22. The van der Waals surface area contributed by atoms with Crippen LogP contribution in [-0.4, -0.2) is 11.2 Å². The Hall–Kier alpha value is -0.990. The van der Waals surface area contributed by atoms with Gasteiger partial charge in [-0.2, -0.15) is 0 Å². The van der Waals surface area contributed by atoms with E-state index < -0.39 is 0 Å². The Labute approximate surface area is 83.0 Å². The molecule has 0 amide bonds. The van der Waals surface area contributed by atoms with E-state index in [0.717, 1.165) is 5.06 Å². The van der Waals surface area contributed by atoms with Crippen molar-refractivity contribution in [3.63, 3.8) is 0 Å². The van der Waals surface area contributed by atoms with Crippen LogP contribution >= 0.6 is 11.6 Å². The molecule has 0 aliphatic carbocycles. The van der Waals surface area contributed by atoms with Crippen molar-refractivity contribution in [2.24, 2.45) is 0 Å². The van der Waals surface area contributed by atoms with E-state index in [1.807, 2.05) is 19.1 Å². The average molecular weight is 198 g/mol. The molecule has 0 heterocycles. The molecule has 70 valence electrons. The number of hydrogen-bond acceptors (Lipinski definition) is 2. The molecule has 0 saturated carbocycles. The minimum Gasteiger partial charge on any atom is -0.288 e. The topological polar surface area (TPSA) is 23.5 Å². The fourth-order valence-corrected chi connectivity index (χ4v) is 1.18. The van der Waals surface area contributed by atoms with Crippen LogP contribution in [0.2, 0.25) is 5.02 Å². The van der Waals surface area contributed by atoms with Crippen LogP contribution in [0, 0.1) is 0 Å². The van der Waals surface area contributed by atoms with Gasteiger partial charge < -0.3 is 0 Å². The highest BCUT2D eigenvalue weighted by atomic mass is 35.5. The molecular weight excluding hydrogens is 186 g/mol. The molecule has 0 radical (unpaired) electrons. The van der Waals surface area contributed by atoms with Gasteiger partial charge in [-0.3, -0.25) is 5.21 Å². The van der Waals surface area contributed by atoms with Gasteiger partial charge in [-0.25, -0.2) is 5.06 Å². The smallest absolute Gasteiger partial charge is 0.0827 e. The van der Waals surface area contributed by atoms with E-state index in [1.165, 1.54) is 0 Å². The molecule has 1 aromatic rings. The first kappa shape index (κ1) is 10.1. The number of para-hydroxylation sites is 1. The van der Waals surface area contributed by atoms with E-state index in [1.54, 1.807) is 18.2 Å². The highest BCUT2D eigenvalue weighted by Crippen LogP contribution is 2.25. The number of halogens is 1. The van der Waals surface area contributed by atoms with Gasteiger partial charge in [-0.05, 0) is 19.1 Å². The zero-order chi connectivity index (χ0) is 9.84. The van der Waals surface area contributed by atoms with Gasteiger partial charge in [-0.15, -0.1) is 6.58 Å². The number of anilines is 1. The minimum atomic E-state index is -0.153. The predicted octanol–water partition coefficient (Wildman–Crippen LogP) is 3.11. The molecule has 1 unspecified atom stereocenters. The maximum Gasteiger partial charge on any atom is 0.0827 e. The fourth-order valence-electron chi connectivity index (χ4n) is 0.957. The Morgan fingerprint density at radius 2 is 2.15 bits per heavy atom. The van der Waals surface area contributed by atoms with Crippen molar-refractivity contribution in [3.8, 4) is 0 Å². The first-order valence-electron chi connectivity index (χ1n) is 4.02. The molecule has 0 aliphatic rings. The van der Waals surface area contributed by atoms with Crippen LogP contribution < -0.4 is 5.06 Å². The van der Waals surface area contributed by atoms with Gasteiger partial charge in [0.2, 0.25) is 0 Å². The standard InChI is InChI=1S/C10H12ClNO/c1-3-8(2)12(13)10-7-5-4-6-9(10)11/h3-8,13H,1H2,2H3. The summed E-state index contributed by atoms with van der Waals surface area (Å²) in [4.78, 5) is 0. The molecule has 3 heteroatoms. The Morgan fingerprint density at radius 1 is 1.54 bits per heavy atom. The molecule has 0 saturated heterocycles. The Bertz CT molecular complexity index is 301. The van der Waals surface area contributed by atoms with Gasteiger partial charge in [0.1, 0.15) is 0 Å². The molecule has 0 fully saturated rings. The number of rotatable bonds is 3. The molecule has 1 atom stereocenters. The number of hydrogen-bond donors (Lipinski definition) is 1. The van der Waals surface area contributed by atoms with Crippen LogP contribution in [-0.2, 0) is 0 Å². The molecule has 13 heavy (non-hydrogen) atoms. The van der Waals surface area contributed by atoms with Gasteiger partial charge >= 0.3 is 0 Å². The Kier molecular flexibility index (Phi) is 3.34. The summed E-state index contributed by atoms with van der Waals surface area (Å²) >= 11 is 5.88. The van der Waals surface area contributed by atoms with Crippen LogP contribution in [0.3, 0.4) is 0 Å². The van der Waals surface area contributed by atoms with Crippen molar-refractivity contribution in [2.75, 3.05) is 5.06 Å². The normalized spacial score (nSPS) is 12.2. The van der Waals surface area contributed by atoms with Crippen molar-refractivity contribution in [3.05, 3.63) is 41.9 Å². The molecule has 0 spiro atoms. The second kappa shape index (κ2) is 4.30. The van der Waals surface area contributed by atoms with Crippen LogP contribution in [0.5, 0.6) is 0 Å². The van der Waals surface area contributed by atoms with E-state index >= 15 is 0 Å². The molecular formula is C10H12ClNO. The largest absolute Gasteiger partial charge is 0.288 e. The van der Waals surface area contributed by atoms with Crippen LogP contribution in [0.4, 0.5) is 5.69 Å². The van der Waals surface area contributed by atoms with Gasteiger partial charge in [0, 0.05) is 0 Å². The third kappa shape index (κ3) is 2.23. The summed E-state index contributed by atoms with van der Waals surface area (Å²) in [6.07, 6.45) is 1.64. The van der Waals surface area contributed by atoms with Gasteiger partial charge in [0.15, 0.2) is 0 Å². The monoisotopic (exact) mass is 197 g/mol. The van der Waals surface area contributed by atoms with Crippen molar-refractivity contribution < 1.29 is 5.21 Å². The number of nitrogens with zero attached hydrogens (tertiary/aromatic N) is 1. The van der Waals surface area contributed by atoms with E-state index in [9.17, 15) is 5.21 Å². The molecule has 0 aromatic heterocycles. The third-order valence-electron chi connectivity index (χ3n) is 1.83. The Balaban J connectivity index is 2.94. The van der Waals surface area contributed by atoms with Gasteiger partial charge in [0.25, 0.3) is 0 Å². The van der Waals surface area contributed by atoms with Crippen LogP contribution in [0.1, 0.15) is 6.92 Å². The second-order valence-electron chi connectivity index (χ2n) is 2.77. The molecule has 1 aromatic carbocycles. The third-order valence-corrected chi connectivity index (χ3v) is 2.15. The summed E-state index contributed by atoms with van der Waals surface area (Å²) in [6, 6.07) is 6.97. The van der Waals surface area contributed by atoms with Gasteiger partial charge in [-0.1, -0.05) is 29.8 Å². The lowest BCUT2D eigenvalue weighted by atomic mass is 10.2. The lowest BCUT2D eigenvalue weighted by molar-refractivity contribution is 0.238. The van der Waals surface area contributed by atoms with Crippen molar-refractivity contribution >= 4 is 17.3 Å². The van der Waals surface area contributed by atoms with Gasteiger partial charge in [0.05, 0.1) is 16.8 Å². The van der Waals surface area contributed by atoms with E-state index in [0.29, 0.717) is 10.7 Å². The summed E-state index contributed by atoms with van der Waals surface area (Å²) in [7, 11) is 0. The van der Waals surface area contributed by atoms with Crippen molar-refractivity contribution in [1.29, 1.82) is 0 Å². The summed E-state index contributed by atoms with van der Waals surface area (Å²) < 4.78 is 0. The van der Waals surface area contributed by atoms with Crippen molar-refractivity contribution in [1.82, 2.24) is 0 Å². The lowest BCUT2D eigenvalue weighted by Crippen LogP contribution is -2.27. The highest BCUT2D eigenvalue weighted by molar-refractivity contribution is 6.33. The fraction of sp³-hybridized carbons (Fsp3) is 0.200. The maximum absolute atomic E-state index is 9.65. The second-order valence-corrected chi connectivity index (χ2v) is 3.18. The molecule has 1 N–H and O–H groups in total. The SMILES string of the molecule is C=CC(C)N(O)c1ccccc1Cl. The van der Waals surface area contributed by atoms with E-state index in [2.05, 4.69) is 6.58 Å². The average Bonchev–Trinajstić information content (AvgIpc) is 2.16. The molecule has 1 rings (SSSR count). The van der Waals surface area contributed by atoms with E-state index in [-0.39, 0.29) is 6.04 Å². The minimum absolute atomic E-state index is 0.153. The highest BCUT2D eigenvalue weighted by Gasteiger charge is 2.10.